The fourth-order valence-electron chi connectivity index (χ4n) is 6.77. The number of aromatic hydroxyl groups is 1. The molecular weight excluding hydrogens is 695 g/mol. The van der Waals surface area contributed by atoms with Crippen LogP contribution in [0, 0.1) is 35.5 Å². The highest BCUT2D eigenvalue weighted by Gasteiger charge is 2.32. The lowest BCUT2D eigenvalue weighted by atomic mass is 9.68. The third-order valence-electron chi connectivity index (χ3n) is 11.0. The van der Waals surface area contributed by atoms with Crippen LogP contribution in [0.2, 0.25) is 0 Å². The van der Waals surface area contributed by atoms with Crippen molar-refractivity contribution in [1.82, 2.24) is 10.6 Å². The van der Waals surface area contributed by atoms with E-state index < -0.39 is 7.92 Å². The second-order valence-electron chi connectivity index (χ2n) is 14.9. The van der Waals surface area contributed by atoms with Crippen LogP contribution in [0.25, 0.3) is 0 Å². The summed E-state index contributed by atoms with van der Waals surface area (Å²) in [6, 6.07) is 25.3. The number of hydrogen-bond acceptors (Lipinski definition) is 6. The van der Waals surface area contributed by atoms with Gasteiger partial charge in [-0.15, -0.1) is 0 Å². The minimum atomic E-state index is -1.04. The zero-order chi connectivity index (χ0) is 39.3. The largest absolute Gasteiger partial charge is 0.507 e. The van der Waals surface area contributed by atoms with Gasteiger partial charge in [-0.2, -0.15) is 0 Å². The Bertz CT molecular complexity index is 1450. The van der Waals surface area contributed by atoms with E-state index in [-0.39, 0.29) is 17.6 Å². The molecule has 3 aromatic rings. The molecule has 0 aliphatic heterocycles. The fourth-order valence-corrected chi connectivity index (χ4v) is 9.14. The molecule has 9 heteroatoms. The number of amides is 2. The van der Waals surface area contributed by atoms with Gasteiger partial charge < -0.3 is 30.0 Å². The van der Waals surface area contributed by atoms with Gasteiger partial charge in [0, 0.05) is 43.6 Å². The molecule has 0 saturated heterocycles. The van der Waals surface area contributed by atoms with Crippen LogP contribution in [-0.2, 0) is 19.0 Å². The number of carbonyl (C=O) groups is 2. The molecular formula is C45H67N2O6P. The Kier molecular flexibility index (Phi) is 20.9. The standard InChI is InChI=1S/C45H67N2O6P/c1-8-34(4)36(6)41(37(7)35(5)33(2)3)32-44(49)46-23-15-25-51-27-29-53-30-28-52-26-16-24-47-45(50)38-21-22-42(48)43(31-38)54(39-17-11-9-12-18-39)40-19-13-10-14-20-40/h9-14,17-22,31,33-37,41,48H,8,15-16,23-30,32H2,1-7H3,(H,46,49)(H,47,50). The molecule has 3 aromatic carbocycles. The number of hydrogen-bond donors (Lipinski definition) is 3. The quantitative estimate of drug-likeness (QED) is 0.0580. The Morgan fingerprint density at radius 2 is 1.19 bits per heavy atom. The van der Waals surface area contributed by atoms with E-state index in [1.54, 1.807) is 12.1 Å². The predicted octanol–water partition coefficient (Wildman–Crippen LogP) is 7.44. The number of ether oxygens (including phenoxy) is 3. The second-order valence-corrected chi connectivity index (χ2v) is 17.1. The molecule has 0 bridgehead atoms. The average Bonchev–Trinajstić information content (AvgIpc) is 3.18. The summed E-state index contributed by atoms with van der Waals surface area (Å²) in [7, 11) is -1.04. The van der Waals surface area contributed by atoms with Crippen LogP contribution in [0.1, 0.15) is 84.5 Å². The van der Waals surface area contributed by atoms with Gasteiger partial charge in [0.1, 0.15) is 5.75 Å². The Hall–Kier alpha value is -3.29. The zero-order valence-electron chi connectivity index (χ0n) is 33.9. The highest BCUT2D eigenvalue weighted by Crippen LogP contribution is 2.38. The molecule has 3 rings (SSSR count). The first-order valence-electron chi connectivity index (χ1n) is 20.1. The predicted molar refractivity (Wildman–Crippen MR) is 224 cm³/mol. The number of phenolic OH excluding ortho intramolecular Hbond substituents is 1. The van der Waals surface area contributed by atoms with E-state index in [2.05, 4.69) is 83.4 Å². The smallest absolute Gasteiger partial charge is 0.251 e. The van der Waals surface area contributed by atoms with Crippen molar-refractivity contribution in [2.75, 3.05) is 52.7 Å². The fraction of sp³-hybridized carbons (Fsp3) is 0.556. The molecule has 0 heterocycles. The molecule has 0 radical (unpaired) electrons. The van der Waals surface area contributed by atoms with Gasteiger partial charge in [-0.25, -0.2) is 0 Å². The van der Waals surface area contributed by atoms with Gasteiger partial charge in [-0.3, -0.25) is 9.59 Å². The topological polar surface area (TPSA) is 106 Å². The third-order valence-corrected chi connectivity index (χ3v) is 13.5. The Morgan fingerprint density at radius 3 is 1.70 bits per heavy atom. The SMILES string of the molecule is CCC(C)C(C)C(CC(=O)NCCCOCCOCCOCCCNC(=O)c1ccc(O)c(P(c2ccccc2)c2ccccc2)c1)C(C)C(C)C(C)C. The zero-order valence-corrected chi connectivity index (χ0v) is 34.8. The van der Waals surface area contributed by atoms with E-state index >= 15 is 0 Å². The van der Waals surface area contributed by atoms with Crippen LogP contribution < -0.4 is 26.5 Å². The summed E-state index contributed by atoms with van der Waals surface area (Å²) in [5, 5.41) is 19.9. The lowest BCUT2D eigenvalue weighted by Crippen LogP contribution is -2.35. The molecule has 3 N–H and O–H groups in total. The summed E-state index contributed by atoms with van der Waals surface area (Å²) in [4.78, 5) is 25.9. The molecule has 0 spiro atoms. The Balaban J connectivity index is 1.25. The van der Waals surface area contributed by atoms with Gasteiger partial charge in [0.2, 0.25) is 5.91 Å². The van der Waals surface area contributed by atoms with Crippen molar-refractivity contribution >= 4 is 35.6 Å². The molecule has 0 aromatic heterocycles. The number of nitrogens with one attached hydrogen (secondary N) is 2. The number of rotatable bonds is 26. The van der Waals surface area contributed by atoms with E-state index in [1.165, 1.54) is 0 Å². The van der Waals surface area contributed by atoms with Gasteiger partial charge in [0.05, 0.1) is 26.4 Å². The highest BCUT2D eigenvalue weighted by molar-refractivity contribution is 7.80. The van der Waals surface area contributed by atoms with Crippen molar-refractivity contribution in [3.8, 4) is 5.75 Å². The van der Waals surface area contributed by atoms with Crippen LogP contribution >= 0.6 is 7.92 Å². The summed E-state index contributed by atoms with van der Waals surface area (Å²) in [5.74, 6) is 3.29. The van der Waals surface area contributed by atoms with Gasteiger partial charge in [0.15, 0.2) is 0 Å². The first kappa shape index (κ1) is 45.1. The van der Waals surface area contributed by atoms with Gasteiger partial charge in [-0.1, -0.05) is 116 Å². The summed E-state index contributed by atoms with van der Waals surface area (Å²) < 4.78 is 17.0. The molecule has 0 aliphatic rings. The van der Waals surface area contributed by atoms with Crippen molar-refractivity contribution in [1.29, 1.82) is 0 Å². The summed E-state index contributed by atoms with van der Waals surface area (Å²) in [6.07, 6.45) is 3.16. The number of phenols is 1. The van der Waals surface area contributed by atoms with E-state index in [1.807, 2.05) is 42.5 Å². The molecule has 5 unspecified atom stereocenters. The molecule has 0 aliphatic carbocycles. The molecule has 8 nitrogen and oxygen atoms in total. The third kappa shape index (κ3) is 15.1. The maximum absolute atomic E-state index is 13.0. The van der Waals surface area contributed by atoms with Crippen LogP contribution in [0.3, 0.4) is 0 Å². The first-order valence-corrected chi connectivity index (χ1v) is 21.4. The Labute approximate surface area is 326 Å². The van der Waals surface area contributed by atoms with Crippen LogP contribution in [0.15, 0.2) is 78.9 Å². The number of benzene rings is 3. The van der Waals surface area contributed by atoms with E-state index in [4.69, 9.17) is 14.2 Å². The highest BCUT2D eigenvalue weighted by atomic mass is 31.1. The Morgan fingerprint density at radius 1 is 0.667 bits per heavy atom. The minimum Gasteiger partial charge on any atom is -0.507 e. The van der Waals surface area contributed by atoms with Crippen LogP contribution in [0.5, 0.6) is 5.75 Å². The van der Waals surface area contributed by atoms with Crippen LogP contribution in [-0.4, -0.2) is 69.7 Å². The lowest BCUT2D eigenvalue weighted by Gasteiger charge is -2.37. The maximum Gasteiger partial charge on any atom is 0.251 e. The molecule has 5 atom stereocenters. The molecule has 298 valence electrons. The maximum atomic E-state index is 13.0. The van der Waals surface area contributed by atoms with Crippen LogP contribution in [0.4, 0.5) is 0 Å². The summed E-state index contributed by atoms with van der Waals surface area (Å²) in [6.45, 7) is 20.2. The molecule has 54 heavy (non-hydrogen) atoms. The van der Waals surface area contributed by atoms with Crippen molar-refractivity contribution in [3.05, 3.63) is 84.4 Å². The molecule has 2 amide bonds. The molecule has 0 saturated carbocycles. The second kappa shape index (κ2) is 25.0. The van der Waals surface area contributed by atoms with Crippen molar-refractivity contribution in [2.45, 2.75) is 74.1 Å². The van der Waals surface area contributed by atoms with E-state index in [0.29, 0.717) is 107 Å². The normalized spacial score (nSPS) is 14.4. The summed E-state index contributed by atoms with van der Waals surface area (Å²) >= 11 is 0. The van der Waals surface area contributed by atoms with Crippen molar-refractivity contribution in [3.63, 3.8) is 0 Å². The average molecular weight is 763 g/mol. The lowest BCUT2D eigenvalue weighted by molar-refractivity contribution is -0.123. The number of carbonyl (C=O) groups excluding carboxylic acids is 2. The monoisotopic (exact) mass is 762 g/mol. The van der Waals surface area contributed by atoms with Crippen molar-refractivity contribution in [2.24, 2.45) is 35.5 Å². The summed E-state index contributed by atoms with van der Waals surface area (Å²) in [5.41, 5.74) is 0.514. The van der Waals surface area contributed by atoms with Gasteiger partial charge in [0.25, 0.3) is 5.91 Å². The van der Waals surface area contributed by atoms with Crippen molar-refractivity contribution < 1.29 is 28.9 Å². The van der Waals surface area contributed by atoms with E-state index in [0.717, 1.165) is 28.8 Å². The molecule has 0 fully saturated rings. The minimum absolute atomic E-state index is 0.145. The van der Waals surface area contributed by atoms with Gasteiger partial charge in [-0.05, 0) is 85.1 Å². The van der Waals surface area contributed by atoms with E-state index in [9.17, 15) is 14.7 Å². The van der Waals surface area contributed by atoms with Gasteiger partial charge >= 0.3 is 0 Å². The first-order chi connectivity index (χ1) is 26.0.